The van der Waals surface area contributed by atoms with Crippen LogP contribution in [-0.2, 0) is 0 Å². The zero-order valence-corrected chi connectivity index (χ0v) is 59.1. The molecular weight excluding hydrogens is 1200 g/mol. The number of nitrogens with zero attached hydrogens (tertiary/aromatic N) is 7. The Kier molecular flexibility index (Phi) is 35.5. The van der Waals surface area contributed by atoms with Crippen LogP contribution in [0.15, 0.2) is 144 Å². The van der Waals surface area contributed by atoms with Gasteiger partial charge in [-0.25, -0.2) is 24.9 Å². The third-order valence-electron chi connectivity index (χ3n) is 13.8. The van der Waals surface area contributed by atoms with Crippen molar-refractivity contribution in [1.29, 1.82) is 0 Å². The number of halogens is 5. The molecule has 8 heterocycles. The van der Waals surface area contributed by atoms with Gasteiger partial charge in [-0.15, -0.1) is 13.2 Å². The summed E-state index contributed by atoms with van der Waals surface area (Å²) in [7, 11) is 1.63. The summed E-state index contributed by atoms with van der Waals surface area (Å²) in [6, 6.07) is 41.4. The van der Waals surface area contributed by atoms with Gasteiger partial charge in [-0.05, 0) is 161 Å². The predicted octanol–water partition coefficient (Wildman–Crippen LogP) is 21.7. The van der Waals surface area contributed by atoms with E-state index < -0.39 is 18.9 Å². The van der Waals surface area contributed by atoms with Gasteiger partial charge in [0, 0.05) is 88.0 Å². The van der Waals surface area contributed by atoms with Gasteiger partial charge in [0.1, 0.15) is 23.7 Å². The molecule has 0 atom stereocenters. The highest BCUT2D eigenvalue weighted by atomic mass is 19.4. The molecule has 2 fully saturated rings. The first-order valence-electron chi connectivity index (χ1n) is 32.7. The number of alkyl halides is 5. The maximum Gasteiger partial charge on any atom is 0.574 e. The van der Waals surface area contributed by atoms with Gasteiger partial charge < -0.3 is 28.1 Å². The van der Waals surface area contributed by atoms with E-state index in [0.29, 0.717) is 59.3 Å². The van der Waals surface area contributed by atoms with Gasteiger partial charge in [0.15, 0.2) is 0 Å². The summed E-state index contributed by atoms with van der Waals surface area (Å²) in [5.74, 6) is 7.20. The van der Waals surface area contributed by atoms with Crippen LogP contribution in [-0.4, -0.2) is 67.2 Å². The smallest absolute Gasteiger partial charge is 0.481 e. The van der Waals surface area contributed by atoms with Gasteiger partial charge >= 0.3 is 13.0 Å². The van der Waals surface area contributed by atoms with Gasteiger partial charge in [0.2, 0.25) is 29.4 Å². The van der Waals surface area contributed by atoms with Crippen molar-refractivity contribution in [2.24, 2.45) is 0 Å². The van der Waals surface area contributed by atoms with E-state index in [1.54, 1.807) is 25.3 Å². The number of furan rings is 1. The van der Waals surface area contributed by atoms with E-state index in [9.17, 15) is 22.0 Å². The molecule has 18 heteroatoms. The van der Waals surface area contributed by atoms with Crippen molar-refractivity contribution < 1.29 is 50.1 Å². The highest BCUT2D eigenvalue weighted by Crippen LogP contribution is 2.28. The topological polar surface area (TPSA) is 150 Å². The van der Waals surface area contributed by atoms with Crippen LogP contribution in [0.25, 0.3) is 0 Å². The normalized spacial score (nSPS) is 12.4. The monoisotopic (exact) mass is 1310 g/mol. The zero-order valence-electron chi connectivity index (χ0n) is 59.1. The third-order valence-corrected chi connectivity index (χ3v) is 13.8. The number of rotatable bonds is 16. The maximum absolute atomic E-state index is 11.8. The minimum absolute atomic E-state index is 0.0267. The van der Waals surface area contributed by atoms with E-state index in [4.69, 9.17) is 18.6 Å². The van der Waals surface area contributed by atoms with Gasteiger partial charge in [-0.1, -0.05) is 153 Å². The van der Waals surface area contributed by atoms with Crippen molar-refractivity contribution in [3.05, 3.63) is 202 Å². The van der Waals surface area contributed by atoms with E-state index in [2.05, 4.69) is 165 Å². The van der Waals surface area contributed by atoms with Crippen LogP contribution in [0, 0.1) is 20.8 Å². The van der Waals surface area contributed by atoms with Crippen molar-refractivity contribution in [3.8, 4) is 29.4 Å². The van der Waals surface area contributed by atoms with Gasteiger partial charge in [0.05, 0.1) is 7.11 Å². The van der Waals surface area contributed by atoms with Crippen molar-refractivity contribution >= 4 is 0 Å². The molecule has 0 amide bonds. The average molecular weight is 1310 g/mol. The number of methoxy groups -OCH3 is 1. The second-order valence-electron chi connectivity index (χ2n) is 25.3. The van der Waals surface area contributed by atoms with Gasteiger partial charge in [-0.3, -0.25) is 9.97 Å². The Balaban J connectivity index is 0.000000281. The lowest BCUT2D eigenvalue weighted by molar-refractivity contribution is -0.276. The molecule has 0 N–H and O–H groups in total. The van der Waals surface area contributed by atoms with Crippen LogP contribution in [0.4, 0.5) is 22.0 Å². The number of aryl methyl sites for hydroxylation is 3. The van der Waals surface area contributed by atoms with Crippen LogP contribution < -0.4 is 23.7 Å². The first-order valence-corrected chi connectivity index (χ1v) is 32.7. The lowest BCUT2D eigenvalue weighted by Crippen LogP contribution is -2.25. The molecule has 0 radical (unpaired) electrons. The van der Waals surface area contributed by atoms with Crippen molar-refractivity contribution in [1.82, 2.24) is 34.9 Å². The Hall–Kier alpha value is -8.02. The highest BCUT2D eigenvalue weighted by Gasteiger charge is 2.32. The Labute approximate surface area is 557 Å². The van der Waals surface area contributed by atoms with Crippen LogP contribution in [0.5, 0.6) is 29.4 Å². The first kappa shape index (κ1) is 80.2. The van der Waals surface area contributed by atoms with Crippen LogP contribution in [0.2, 0.25) is 0 Å². The van der Waals surface area contributed by atoms with Crippen molar-refractivity contribution in [2.45, 2.75) is 236 Å². The van der Waals surface area contributed by atoms with Crippen molar-refractivity contribution in [3.63, 3.8) is 0 Å². The SMILES string of the molecule is CC(C)c1cccc(OC(F)(F)F)n1.CC(C)c1cccc(OC(F)F)n1.CC(C)c1cccc(OC2CC2)n1.CC(C)c1cccc(OC2CCC2)n1.COc1cccc(C(C)C)n1.Cc1ccc(C(C)C)nc1.Cc1ccc(C(C)C)o1.Cc1cccc(C(C)C)n1. The number of pyridine rings is 7. The fourth-order valence-electron chi connectivity index (χ4n) is 7.83. The van der Waals surface area contributed by atoms with E-state index in [0.717, 1.165) is 51.8 Å². The summed E-state index contributed by atoms with van der Waals surface area (Å²) >= 11 is 0. The lowest BCUT2D eigenvalue weighted by atomic mass is 9.96. The molecule has 514 valence electrons. The number of hydrogen-bond donors (Lipinski definition) is 0. The second kappa shape index (κ2) is 41.6. The zero-order chi connectivity index (χ0) is 70.1. The molecule has 2 aliphatic rings. The molecule has 0 aliphatic heterocycles. The molecule has 10 rings (SSSR count). The maximum atomic E-state index is 11.8. The fraction of sp³-hybridized carbons (Fsp3) is 0.487. The molecule has 0 spiro atoms. The average Bonchev–Trinajstić information content (AvgIpc) is 1.72. The summed E-state index contributed by atoms with van der Waals surface area (Å²) in [4.78, 5) is 29.4. The van der Waals surface area contributed by atoms with Crippen LogP contribution in [0.1, 0.15) is 253 Å². The minimum Gasteiger partial charge on any atom is -0.481 e. The minimum atomic E-state index is -4.68. The molecule has 2 saturated carbocycles. The van der Waals surface area contributed by atoms with E-state index >= 15 is 0 Å². The van der Waals surface area contributed by atoms with E-state index in [-0.39, 0.29) is 17.7 Å². The molecule has 13 nitrogen and oxygen atoms in total. The van der Waals surface area contributed by atoms with Crippen molar-refractivity contribution in [2.75, 3.05) is 7.11 Å². The molecule has 8 aromatic heterocycles. The van der Waals surface area contributed by atoms with Gasteiger partial charge in [-0.2, -0.15) is 8.78 Å². The molecule has 0 bridgehead atoms. The molecule has 2 aliphatic carbocycles. The van der Waals surface area contributed by atoms with Crippen LogP contribution in [0.3, 0.4) is 0 Å². The predicted molar refractivity (Wildman–Crippen MR) is 367 cm³/mol. The van der Waals surface area contributed by atoms with E-state index in [1.807, 2.05) is 114 Å². The summed E-state index contributed by atoms with van der Waals surface area (Å²) in [5, 5.41) is 0. The van der Waals surface area contributed by atoms with Gasteiger partial charge in [0.25, 0.3) is 0 Å². The Morgan fingerprint density at radius 2 is 0.777 bits per heavy atom. The number of aromatic nitrogens is 7. The first-order chi connectivity index (χ1) is 44.3. The summed E-state index contributed by atoms with van der Waals surface area (Å²) in [5.41, 5.74) is 9.30. The standard InChI is InChI=1S/C12H17NO.C11H15NO.C9H10F3NO.C9H11F2NO.C9H13NO.2C9H13N.C8H12O/c1-9(2)11-7-4-8-12(13-11)14-10-5-3-6-10;1-8(2)10-4-3-5-11(12-10)13-9-6-7-9;1-6(2)7-4-3-5-8(13-7)14-9(10,11)12;1-6(2)7-4-3-5-8(12-7)13-9(10)11;1-7(2)8-5-4-6-9(10-8)11-3;1-7(2)9-5-4-8(3)6-10-9;1-7(2)9-6-4-5-8(3)10-9;1-6(2)8-5-4-7(3)9-8/h4,7-10H,3,5-6H2,1-2H3;3-5,8-9H,6-7H2,1-2H3;3-6H,1-2H3;3-6,9H,1-2H3;4-7H,1-3H3;2*4-7H,1-3H3;4-6H,1-3H3. The second-order valence-corrected chi connectivity index (χ2v) is 25.3. The Morgan fingerprint density at radius 3 is 1.09 bits per heavy atom. The number of hydrogen-bond acceptors (Lipinski definition) is 13. The molecule has 94 heavy (non-hydrogen) atoms. The Bertz CT molecular complexity index is 3290. The van der Waals surface area contributed by atoms with E-state index in [1.165, 1.54) is 67.3 Å². The molecule has 0 aromatic carbocycles. The Morgan fingerprint density at radius 1 is 0.404 bits per heavy atom. The number of ether oxygens (including phenoxy) is 5. The fourth-order valence-corrected chi connectivity index (χ4v) is 7.83. The molecular formula is C76H104F5N7O6. The largest absolute Gasteiger partial charge is 0.574 e. The third kappa shape index (κ3) is 33.7. The summed E-state index contributed by atoms with van der Waals surface area (Å²) < 4.78 is 88.5. The summed E-state index contributed by atoms with van der Waals surface area (Å²) in [6.07, 6.45) is 4.15. The molecule has 0 saturated heterocycles. The highest BCUT2D eigenvalue weighted by molar-refractivity contribution is 5.22. The quantitative estimate of drug-likeness (QED) is 0.0845. The molecule has 0 unspecified atom stereocenters. The molecule has 8 aromatic rings. The lowest BCUT2D eigenvalue weighted by Gasteiger charge is -2.25. The summed E-state index contributed by atoms with van der Waals surface area (Å²) in [6.45, 7) is 36.5. The van der Waals surface area contributed by atoms with Crippen LogP contribution >= 0.6 is 0 Å².